The van der Waals surface area contributed by atoms with E-state index in [0.29, 0.717) is 6.54 Å². The summed E-state index contributed by atoms with van der Waals surface area (Å²) in [5.41, 5.74) is 8.49. The van der Waals surface area contributed by atoms with Crippen molar-refractivity contribution in [3.8, 4) is 0 Å². The molecule has 18 heavy (non-hydrogen) atoms. The number of para-hydroxylation sites is 1. The van der Waals surface area contributed by atoms with Crippen LogP contribution in [0, 0.1) is 5.92 Å². The van der Waals surface area contributed by atoms with Gasteiger partial charge in [-0.2, -0.15) is 0 Å². The number of fused-ring (bicyclic) bond motifs is 1. The van der Waals surface area contributed by atoms with Crippen molar-refractivity contribution in [3.05, 3.63) is 36.0 Å². The Balaban J connectivity index is 1.84. The molecule has 2 heteroatoms. The summed E-state index contributed by atoms with van der Waals surface area (Å²) in [4.78, 5) is 0. The van der Waals surface area contributed by atoms with Crippen molar-refractivity contribution in [1.29, 1.82) is 0 Å². The van der Waals surface area contributed by atoms with Gasteiger partial charge in [-0.1, -0.05) is 43.9 Å². The molecule has 0 saturated heterocycles. The van der Waals surface area contributed by atoms with Gasteiger partial charge < -0.3 is 10.3 Å². The van der Waals surface area contributed by atoms with Gasteiger partial charge in [0.2, 0.25) is 0 Å². The van der Waals surface area contributed by atoms with Crippen LogP contribution in [0.1, 0.15) is 37.8 Å². The summed E-state index contributed by atoms with van der Waals surface area (Å²) >= 11 is 0. The van der Waals surface area contributed by atoms with Gasteiger partial charge in [-0.25, -0.2) is 0 Å². The molecular weight excluding hydrogens is 220 g/mol. The first-order valence-electron chi connectivity index (χ1n) is 7.15. The van der Waals surface area contributed by atoms with Crippen LogP contribution in [0.2, 0.25) is 0 Å². The fraction of sp³-hybridized carbons (Fsp3) is 0.500. The summed E-state index contributed by atoms with van der Waals surface area (Å²) in [6, 6.07) is 10.9. The van der Waals surface area contributed by atoms with Crippen molar-refractivity contribution in [1.82, 2.24) is 4.57 Å². The smallest absolute Gasteiger partial charge is 0.0482 e. The third-order valence-corrected chi connectivity index (χ3v) is 4.34. The van der Waals surface area contributed by atoms with Gasteiger partial charge in [0.15, 0.2) is 0 Å². The minimum Gasteiger partial charge on any atom is -0.343 e. The Kier molecular flexibility index (Phi) is 3.37. The highest BCUT2D eigenvalue weighted by atomic mass is 15.0. The highest BCUT2D eigenvalue weighted by Crippen LogP contribution is 2.29. The Morgan fingerprint density at radius 2 is 1.94 bits per heavy atom. The van der Waals surface area contributed by atoms with E-state index in [1.807, 2.05) is 0 Å². The Bertz CT molecular complexity index is 521. The zero-order valence-electron chi connectivity index (χ0n) is 10.9. The first-order valence-corrected chi connectivity index (χ1v) is 7.15. The van der Waals surface area contributed by atoms with E-state index in [4.69, 9.17) is 5.73 Å². The van der Waals surface area contributed by atoms with Gasteiger partial charge in [-0.15, -0.1) is 0 Å². The number of nitrogens with zero attached hydrogens (tertiary/aromatic N) is 1. The molecule has 0 bridgehead atoms. The van der Waals surface area contributed by atoms with Crippen LogP contribution in [0.3, 0.4) is 0 Å². The number of hydrogen-bond acceptors (Lipinski definition) is 1. The largest absolute Gasteiger partial charge is 0.343 e. The van der Waals surface area contributed by atoms with Crippen molar-refractivity contribution in [2.45, 2.75) is 45.2 Å². The molecule has 0 amide bonds. The van der Waals surface area contributed by atoms with Gasteiger partial charge in [0.05, 0.1) is 0 Å². The summed E-state index contributed by atoms with van der Waals surface area (Å²) in [5.74, 6) is 0.941. The van der Waals surface area contributed by atoms with Crippen molar-refractivity contribution >= 4 is 10.9 Å². The maximum atomic E-state index is 5.88. The average Bonchev–Trinajstić information content (AvgIpc) is 3.03. The molecule has 1 aromatic carbocycles. The van der Waals surface area contributed by atoms with E-state index in [1.54, 1.807) is 0 Å². The standard InChI is InChI=1S/C16H22N2/c17-12-15-11-14-7-3-4-8-16(14)18(15)10-9-13-5-1-2-6-13/h3-4,7-8,11,13H,1-2,5-6,9-10,12,17H2. The van der Waals surface area contributed by atoms with E-state index in [9.17, 15) is 0 Å². The molecule has 2 nitrogen and oxygen atoms in total. The summed E-state index contributed by atoms with van der Waals surface area (Å²) < 4.78 is 2.42. The molecule has 0 aliphatic heterocycles. The fourth-order valence-corrected chi connectivity index (χ4v) is 3.31. The van der Waals surface area contributed by atoms with Gasteiger partial charge in [0.25, 0.3) is 0 Å². The number of rotatable bonds is 4. The number of aromatic nitrogens is 1. The summed E-state index contributed by atoms with van der Waals surface area (Å²) in [7, 11) is 0. The Labute approximate surface area is 109 Å². The number of aryl methyl sites for hydroxylation is 1. The monoisotopic (exact) mass is 242 g/mol. The van der Waals surface area contributed by atoms with Crippen LogP contribution in [0.15, 0.2) is 30.3 Å². The van der Waals surface area contributed by atoms with Crippen LogP contribution >= 0.6 is 0 Å². The fourth-order valence-electron chi connectivity index (χ4n) is 3.31. The lowest BCUT2D eigenvalue weighted by molar-refractivity contribution is 0.458. The normalized spacial score (nSPS) is 16.7. The lowest BCUT2D eigenvalue weighted by Gasteiger charge is -2.13. The van der Waals surface area contributed by atoms with Gasteiger partial charge in [0.1, 0.15) is 0 Å². The van der Waals surface area contributed by atoms with Crippen LogP contribution in [0.5, 0.6) is 0 Å². The molecular formula is C16H22N2. The highest BCUT2D eigenvalue weighted by Gasteiger charge is 2.15. The van der Waals surface area contributed by atoms with Crippen LogP contribution < -0.4 is 5.73 Å². The first kappa shape index (κ1) is 11.8. The predicted octanol–water partition coefficient (Wildman–Crippen LogP) is 3.68. The van der Waals surface area contributed by atoms with E-state index in [1.165, 1.54) is 48.7 Å². The summed E-state index contributed by atoms with van der Waals surface area (Å²) in [6.45, 7) is 1.77. The average molecular weight is 242 g/mol. The van der Waals surface area contributed by atoms with Crippen LogP contribution in [0.4, 0.5) is 0 Å². The zero-order chi connectivity index (χ0) is 12.4. The zero-order valence-corrected chi connectivity index (χ0v) is 10.9. The quantitative estimate of drug-likeness (QED) is 0.871. The molecule has 1 saturated carbocycles. The molecule has 0 atom stereocenters. The first-order chi connectivity index (χ1) is 8.88. The second kappa shape index (κ2) is 5.15. The third-order valence-electron chi connectivity index (χ3n) is 4.34. The van der Waals surface area contributed by atoms with Gasteiger partial charge in [-0.3, -0.25) is 0 Å². The maximum absolute atomic E-state index is 5.88. The van der Waals surface area contributed by atoms with E-state index in [0.717, 1.165) is 12.5 Å². The number of nitrogens with two attached hydrogens (primary N) is 1. The molecule has 1 aliphatic rings. The molecule has 1 aliphatic carbocycles. The molecule has 2 N–H and O–H groups in total. The molecule has 1 fully saturated rings. The molecule has 0 spiro atoms. The Morgan fingerprint density at radius 3 is 2.72 bits per heavy atom. The SMILES string of the molecule is NCc1cc2ccccc2n1CCC1CCCC1. The third kappa shape index (κ3) is 2.17. The summed E-state index contributed by atoms with van der Waals surface area (Å²) in [5, 5.41) is 1.32. The lowest BCUT2D eigenvalue weighted by Crippen LogP contribution is -2.09. The van der Waals surface area contributed by atoms with Crippen LogP contribution in [-0.2, 0) is 13.1 Å². The highest BCUT2D eigenvalue weighted by molar-refractivity contribution is 5.81. The van der Waals surface area contributed by atoms with Crippen LogP contribution in [0.25, 0.3) is 10.9 Å². The molecule has 1 heterocycles. The van der Waals surface area contributed by atoms with E-state index >= 15 is 0 Å². The predicted molar refractivity (Wildman–Crippen MR) is 76.4 cm³/mol. The number of hydrogen-bond donors (Lipinski definition) is 1. The van der Waals surface area contributed by atoms with Gasteiger partial charge in [0, 0.05) is 24.3 Å². The molecule has 0 unspecified atom stereocenters. The summed E-state index contributed by atoms with van der Waals surface area (Å²) in [6.07, 6.45) is 7.03. The topological polar surface area (TPSA) is 30.9 Å². The molecule has 2 aromatic rings. The molecule has 3 rings (SSSR count). The lowest BCUT2D eigenvalue weighted by atomic mass is 10.0. The van der Waals surface area contributed by atoms with Gasteiger partial charge in [-0.05, 0) is 29.9 Å². The second-order valence-corrected chi connectivity index (χ2v) is 5.49. The maximum Gasteiger partial charge on any atom is 0.0482 e. The molecule has 96 valence electrons. The van der Waals surface area contributed by atoms with Crippen molar-refractivity contribution in [3.63, 3.8) is 0 Å². The van der Waals surface area contributed by atoms with Crippen molar-refractivity contribution in [2.24, 2.45) is 11.7 Å². The van der Waals surface area contributed by atoms with Crippen molar-refractivity contribution in [2.75, 3.05) is 0 Å². The minimum absolute atomic E-state index is 0.638. The molecule has 0 radical (unpaired) electrons. The Morgan fingerprint density at radius 1 is 1.17 bits per heavy atom. The van der Waals surface area contributed by atoms with Gasteiger partial charge >= 0.3 is 0 Å². The number of benzene rings is 1. The second-order valence-electron chi connectivity index (χ2n) is 5.49. The minimum atomic E-state index is 0.638. The molecule has 1 aromatic heterocycles. The van der Waals surface area contributed by atoms with Crippen LogP contribution in [-0.4, -0.2) is 4.57 Å². The van der Waals surface area contributed by atoms with E-state index < -0.39 is 0 Å². The van der Waals surface area contributed by atoms with E-state index in [-0.39, 0.29) is 0 Å². The van der Waals surface area contributed by atoms with Crippen molar-refractivity contribution < 1.29 is 0 Å². The van der Waals surface area contributed by atoms with E-state index in [2.05, 4.69) is 34.9 Å². The Hall–Kier alpha value is -1.28.